The largest absolute Gasteiger partial charge is 0.399 e. The molecule has 7 heteroatoms. The van der Waals surface area contributed by atoms with Crippen LogP contribution in [0.3, 0.4) is 0 Å². The summed E-state index contributed by atoms with van der Waals surface area (Å²) in [6, 6.07) is 6.17. The van der Waals surface area contributed by atoms with Crippen LogP contribution in [0.25, 0.3) is 0 Å². The van der Waals surface area contributed by atoms with Gasteiger partial charge in [-0.2, -0.15) is 0 Å². The molecule has 20 heavy (non-hydrogen) atoms. The van der Waals surface area contributed by atoms with Gasteiger partial charge in [0, 0.05) is 20.2 Å². The summed E-state index contributed by atoms with van der Waals surface area (Å²) in [7, 11) is 0. The van der Waals surface area contributed by atoms with Crippen molar-refractivity contribution >= 4 is 49.1 Å². The fraction of sp³-hybridized carbons (Fsp3) is 0. The Bertz CT molecular complexity index is 669. The number of nitrogens with one attached hydrogen (secondary N) is 1. The maximum absolute atomic E-state index is 13.1. The monoisotopic (exact) mass is 404 g/mol. The summed E-state index contributed by atoms with van der Waals surface area (Å²) in [4.78, 5) is 12.0. The van der Waals surface area contributed by atoms with Gasteiger partial charge in [0.1, 0.15) is 0 Å². The first-order valence-electron chi connectivity index (χ1n) is 5.39. The number of carbonyl (C=O) groups excluding carboxylic acids is 1. The molecule has 0 atom stereocenters. The van der Waals surface area contributed by atoms with Gasteiger partial charge in [-0.15, -0.1) is 0 Å². The Labute approximate surface area is 130 Å². The topological polar surface area (TPSA) is 55.1 Å². The highest BCUT2D eigenvalue weighted by molar-refractivity contribution is 9.11. The summed E-state index contributed by atoms with van der Waals surface area (Å²) in [5.41, 5.74) is 6.62. The Balaban J connectivity index is 2.30. The number of rotatable bonds is 2. The third-order valence-electron chi connectivity index (χ3n) is 2.48. The van der Waals surface area contributed by atoms with E-state index in [1.165, 1.54) is 6.07 Å². The predicted molar refractivity (Wildman–Crippen MR) is 80.6 cm³/mol. The SMILES string of the molecule is Nc1cc(Br)c(NC(=O)c2ccc(F)c(F)c2)c(Br)c1. The van der Waals surface area contributed by atoms with Crippen LogP contribution in [0.1, 0.15) is 10.4 Å². The minimum Gasteiger partial charge on any atom is -0.399 e. The van der Waals surface area contributed by atoms with Crippen LogP contribution in [0, 0.1) is 11.6 Å². The standard InChI is InChI=1S/C13H8Br2F2N2O/c14-8-4-7(18)5-9(15)12(8)19-13(20)6-1-2-10(16)11(17)3-6/h1-5H,18H2,(H,19,20). The maximum atomic E-state index is 13.1. The molecule has 0 aliphatic heterocycles. The zero-order chi connectivity index (χ0) is 14.9. The van der Waals surface area contributed by atoms with Crippen LogP contribution in [-0.4, -0.2) is 5.91 Å². The molecule has 0 heterocycles. The average molecular weight is 406 g/mol. The predicted octanol–water partition coefficient (Wildman–Crippen LogP) is 4.32. The van der Waals surface area contributed by atoms with Crippen molar-refractivity contribution in [3.63, 3.8) is 0 Å². The lowest BCUT2D eigenvalue weighted by atomic mass is 10.2. The fourth-order valence-electron chi connectivity index (χ4n) is 1.54. The van der Waals surface area contributed by atoms with E-state index in [0.29, 0.717) is 20.3 Å². The normalized spacial score (nSPS) is 10.4. The van der Waals surface area contributed by atoms with E-state index in [1.807, 2.05) is 0 Å². The van der Waals surface area contributed by atoms with Gasteiger partial charge in [-0.25, -0.2) is 8.78 Å². The molecule has 0 spiro atoms. The van der Waals surface area contributed by atoms with E-state index in [4.69, 9.17) is 5.73 Å². The molecule has 3 N–H and O–H groups in total. The summed E-state index contributed by atoms with van der Waals surface area (Å²) >= 11 is 6.53. The van der Waals surface area contributed by atoms with Gasteiger partial charge in [-0.1, -0.05) is 0 Å². The number of hydrogen-bond donors (Lipinski definition) is 2. The van der Waals surface area contributed by atoms with Gasteiger partial charge >= 0.3 is 0 Å². The molecule has 0 unspecified atom stereocenters. The lowest BCUT2D eigenvalue weighted by Crippen LogP contribution is -2.13. The molecule has 0 aliphatic rings. The van der Waals surface area contributed by atoms with Crippen LogP contribution in [0.4, 0.5) is 20.2 Å². The molecule has 0 saturated heterocycles. The molecule has 2 aromatic rings. The number of halogens is 4. The maximum Gasteiger partial charge on any atom is 0.255 e. The van der Waals surface area contributed by atoms with Crippen molar-refractivity contribution in [1.82, 2.24) is 0 Å². The van der Waals surface area contributed by atoms with Gasteiger partial charge in [-0.3, -0.25) is 4.79 Å². The number of amides is 1. The van der Waals surface area contributed by atoms with Gasteiger partial charge < -0.3 is 11.1 Å². The first-order chi connectivity index (χ1) is 9.38. The summed E-state index contributed by atoms with van der Waals surface area (Å²) in [5, 5.41) is 2.59. The summed E-state index contributed by atoms with van der Waals surface area (Å²) < 4.78 is 27.1. The van der Waals surface area contributed by atoms with Gasteiger partial charge in [-0.05, 0) is 62.2 Å². The average Bonchev–Trinajstić information content (AvgIpc) is 2.36. The lowest BCUT2D eigenvalue weighted by molar-refractivity contribution is 0.102. The minimum atomic E-state index is -1.08. The molecule has 2 rings (SSSR count). The number of nitrogens with two attached hydrogens (primary N) is 1. The first-order valence-corrected chi connectivity index (χ1v) is 6.98. The second-order valence-electron chi connectivity index (χ2n) is 3.94. The van der Waals surface area contributed by atoms with E-state index in [-0.39, 0.29) is 5.56 Å². The van der Waals surface area contributed by atoms with Gasteiger partial charge in [0.2, 0.25) is 0 Å². The molecular formula is C13H8Br2F2N2O. The van der Waals surface area contributed by atoms with Crippen molar-refractivity contribution in [3.8, 4) is 0 Å². The van der Waals surface area contributed by atoms with Gasteiger partial charge in [0.15, 0.2) is 11.6 Å². The number of hydrogen-bond acceptors (Lipinski definition) is 2. The van der Waals surface area contributed by atoms with Crippen LogP contribution in [-0.2, 0) is 0 Å². The second kappa shape index (κ2) is 5.88. The smallest absolute Gasteiger partial charge is 0.255 e. The van der Waals surface area contributed by atoms with Crippen molar-refractivity contribution in [2.75, 3.05) is 11.1 Å². The molecule has 2 aromatic carbocycles. The van der Waals surface area contributed by atoms with Crippen molar-refractivity contribution in [2.45, 2.75) is 0 Å². The Morgan fingerprint density at radius 2 is 1.65 bits per heavy atom. The van der Waals surface area contributed by atoms with Crippen LogP contribution in [0.15, 0.2) is 39.3 Å². The summed E-state index contributed by atoms with van der Waals surface area (Å²) in [5.74, 6) is -2.64. The Morgan fingerprint density at radius 3 is 2.20 bits per heavy atom. The van der Waals surface area contributed by atoms with Crippen LogP contribution >= 0.6 is 31.9 Å². The van der Waals surface area contributed by atoms with Crippen molar-refractivity contribution in [2.24, 2.45) is 0 Å². The van der Waals surface area contributed by atoms with E-state index < -0.39 is 17.5 Å². The van der Waals surface area contributed by atoms with Crippen LogP contribution in [0.2, 0.25) is 0 Å². The Kier molecular flexibility index (Phi) is 4.39. The van der Waals surface area contributed by atoms with E-state index in [1.54, 1.807) is 12.1 Å². The molecule has 0 fully saturated rings. The summed E-state index contributed by atoms with van der Waals surface area (Å²) in [6.07, 6.45) is 0. The Hall–Kier alpha value is -1.47. The number of anilines is 2. The molecule has 0 bridgehead atoms. The van der Waals surface area contributed by atoms with Crippen molar-refractivity contribution < 1.29 is 13.6 Å². The molecular weight excluding hydrogens is 398 g/mol. The van der Waals surface area contributed by atoms with Gasteiger partial charge in [0.25, 0.3) is 5.91 Å². The zero-order valence-electron chi connectivity index (χ0n) is 9.88. The number of carbonyl (C=O) groups is 1. The highest BCUT2D eigenvalue weighted by atomic mass is 79.9. The van der Waals surface area contributed by atoms with E-state index in [9.17, 15) is 13.6 Å². The molecule has 0 radical (unpaired) electrons. The van der Waals surface area contributed by atoms with Crippen LogP contribution < -0.4 is 11.1 Å². The molecule has 0 aromatic heterocycles. The van der Waals surface area contributed by atoms with E-state index in [2.05, 4.69) is 37.2 Å². The number of benzene rings is 2. The first kappa shape index (κ1) is 14.9. The zero-order valence-corrected chi connectivity index (χ0v) is 13.1. The van der Waals surface area contributed by atoms with Crippen molar-refractivity contribution in [3.05, 3.63) is 56.5 Å². The second-order valence-corrected chi connectivity index (χ2v) is 5.65. The molecule has 3 nitrogen and oxygen atoms in total. The molecule has 0 aliphatic carbocycles. The minimum absolute atomic E-state index is 0.0134. The van der Waals surface area contributed by atoms with E-state index in [0.717, 1.165) is 12.1 Å². The van der Waals surface area contributed by atoms with Crippen LogP contribution in [0.5, 0.6) is 0 Å². The molecule has 0 saturated carbocycles. The highest BCUT2D eigenvalue weighted by Crippen LogP contribution is 2.33. The fourth-order valence-corrected chi connectivity index (χ4v) is 2.96. The quantitative estimate of drug-likeness (QED) is 0.731. The van der Waals surface area contributed by atoms with Crippen molar-refractivity contribution in [1.29, 1.82) is 0 Å². The highest BCUT2D eigenvalue weighted by Gasteiger charge is 2.13. The molecule has 1 amide bonds. The third kappa shape index (κ3) is 3.16. The lowest BCUT2D eigenvalue weighted by Gasteiger charge is -2.11. The van der Waals surface area contributed by atoms with Gasteiger partial charge in [0.05, 0.1) is 5.69 Å². The Morgan fingerprint density at radius 1 is 1.05 bits per heavy atom. The van der Waals surface area contributed by atoms with E-state index >= 15 is 0 Å². The molecule has 104 valence electrons. The summed E-state index contributed by atoms with van der Waals surface area (Å²) in [6.45, 7) is 0. The third-order valence-corrected chi connectivity index (χ3v) is 3.74. The number of nitrogen functional groups attached to an aromatic ring is 1.